The van der Waals surface area contributed by atoms with Gasteiger partial charge in [-0.2, -0.15) is 0 Å². The molecule has 1 aliphatic rings. The van der Waals surface area contributed by atoms with Crippen LogP contribution in [0.1, 0.15) is 34.9 Å². The van der Waals surface area contributed by atoms with Crippen LogP contribution >= 0.6 is 0 Å². The van der Waals surface area contributed by atoms with Gasteiger partial charge < -0.3 is 10.0 Å². The summed E-state index contributed by atoms with van der Waals surface area (Å²) in [4.78, 5) is 14.1. The summed E-state index contributed by atoms with van der Waals surface area (Å²) >= 11 is 0. The zero-order chi connectivity index (χ0) is 16.2. The van der Waals surface area contributed by atoms with Gasteiger partial charge in [0.05, 0.1) is 6.10 Å². The minimum Gasteiger partial charge on any atom is -0.388 e. The van der Waals surface area contributed by atoms with Crippen LogP contribution in [-0.4, -0.2) is 29.0 Å². The Labute approximate surface area is 135 Å². The maximum atomic E-state index is 13.2. The minimum atomic E-state index is -0.498. The highest BCUT2D eigenvalue weighted by molar-refractivity contribution is 5.94. The van der Waals surface area contributed by atoms with Crippen LogP contribution in [0.25, 0.3) is 0 Å². The number of halogens is 1. The molecule has 3 rings (SSSR count). The minimum absolute atomic E-state index is 0.142. The van der Waals surface area contributed by atoms with E-state index in [2.05, 4.69) is 0 Å². The third-order valence-corrected chi connectivity index (χ3v) is 4.49. The van der Waals surface area contributed by atoms with Gasteiger partial charge in [-0.15, -0.1) is 0 Å². The average molecular weight is 313 g/mol. The van der Waals surface area contributed by atoms with Crippen LogP contribution < -0.4 is 0 Å². The summed E-state index contributed by atoms with van der Waals surface area (Å²) in [7, 11) is 0. The van der Waals surface area contributed by atoms with E-state index in [0.717, 1.165) is 18.4 Å². The maximum Gasteiger partial charge on any atom is 0.253 e. The molecule has 120 valence electrons. The highest BCUT2D eigenvalue weighted by Gasteiger charge is 2.28. The zero-order valence-electron chi connectivity index (χ0n) is 12.9. The number of carbonyl (C=O) groups is 1. The summed E-state index contributed by atoms with van der Waals surface area (Å²) in [5, 5.41) is 10.5. The van der Waals surface area contributed by atoms with E-state index in [-0.39, 0.29) is 11.8 Å². The fourth-order valence-corrected chi connectivity index (χ4v) is 3.14. The Hall–Kier alpha value is -2.20. The van der Waals surface area contributed by atoms with Gasteiger partial charge in [0.2, 0.25) is 0 Å². The number of nitrogens with zero attached hydrogens (tertiary/aromatic N) is 1. The molecule has 1 atom stereocenters. The van der Waals surface area contributed by atoms with E-state index in [0.29, 0.717) is 18.7 Å². The summed E-state index contributed by atoms with van der Waals surface area (Å²) in [6.07, 6.45) is 0.997. The Morgan fingerprint density at radius 2 is 1.78 bits per heavy atom. The number of benzene rings is 2. The monoisotopic (exact) mass is 313 g/mol. The van der Waals surface area contributed by atoms with Crippen LogP contribution in [-0.2, 0) is 0 Å². The second-order valence-electron chi connectivity index (χ2n) is 6.00. The number of hydrogen-bond acceptors (Lipinski definition) is 2. The van der Waals surface area contributed by atoms with E-state index in [9.17, 15) is 14.3 Å². The van der Waals surface area contributed by atoms with E-state index in [1.807, 2.05) is 30.3 Å². The van der Waals surface area contributed by atoms with Crippen molar-refractivity contribution in [3.05, 3.63) is 71.5 Å². The largest absolute Gasteiger partial charge is 0.388 e. The molecule has 1 heterocycles. The van der Waals surface area contributed by atoms with Crippen molar-refractivity contribution in [1.82, 2.24) is 4.90 Å². The van der Waals surface area contributed by atoms with Crippen molar-refractivity contribution in [2.24, 2.45) is 5.92 Å². The molecule has 1 fully saturated rings. The molecule has 2 aromatic carbocycles. The summed E-state index contributed by atoms with van der Waals surface area (Å²) in [6, 6.07) is 15.4. The fourth-order valence-electron chi connectivity index (χ4n) is 3.14. The molecule has 1 N–H and O–H groups in total. The standard InChI is InChI=1S/C19H20FNO2/c20-17-8-4-7-16(13-17)19(23)21-11-9-15(10-12-21)18(22)14-5-2-1-3-6-14/h1-8,13,15,18,22H,9-12H2. The summed E-state index contributed by atoms with van der Waals surface area (Å²) in [6.45, 7) is 1.17. The molecule has 1 aliphatic heterocycles. The first-order valence-corrected chi connectivity index (χ1v) is 7.93. The highest BCUT2D eigenvalue weighted by atomic mass is 19.1. The number of carbonyl (C=O) groups excluding carboxylic acids is 1. The van der Waals surface area contributed by atoms with E-state index < -0.39 is 11.9 Å². The topological polar surface area (TPSA) is 40.5 Å². The molecule has 0 bridgehead atoms. The van der Waals surface area contributed by atoms with E-state index >= 15 is 0 Å². The van der Waals surface area contributed by atoms with Gasteiger partial charge in [0.15, 0.2) is 0 Å². The van der Waals surface area contributed by atoms with E-state index in [1.165, 1.54) is 12.1 Å². The van der Waals surface area contributed by atoms with Gasteiger partial charge in [0.1, 0.15) is 5.82 Å². The van der Waals surface area contributed by atoms with Crippen LogP contribution in [0.3, 0.4) is 0 Å². The van der Waals surface area contributed by atoms with Crippen LogP contribution in [0.4, 0.5) is 4.39 Å². The summed E-state index contributed by atoms with van der Waals surface area (Å²) in [5.41, 5.74) is 1.30. The first-order valence-electron chi connectivity index (χ1n) is 7.93. The molecule has 1 unspecified atom stereocenters. The lowest BCUT2D eigenvalue weighted by Crippen LogP contribution is -2.39. The average Bonchev–Trinajstić information content (AvgIpc) is 2.61. The Morgan fingerprint density at radius 3 is 2.43 bits per heavy atom. The Balaban J connectivity index is 1.61. The van der Waals surface area contributed by atoms with Crippen molar-refractivity contribution in [2.75, 3.05) is 13.1 Å². The lowest BCUT2D eigenvalue weighted by Gasteiger charge is -2.34. The number of amides is 1. The molecule has 23 heavy (non-hydrogen) atoms. The van der Waals surface area contributed by atoms with Crippen molar-refractivity contribution < 1.29 is 14.3 Å². The molecule has 0 saturated carbocycles. The number of piperidine rings is 1. The lowest BCUT2D eigenvalue weighted by atomic mass is 9.87. The fraction of sp³-hybridized carbons (Fsp3) is 0.316. The Morgan fingerprint density at radius 1 is 1.09 bits per heavy atom. The molecule has 0 aromatic heterocycles. The predicted molar refractivity (Wildman–Crippen MR) is 86.4 cm³/mol. The van der Waals surface area contributed by atoms with Gasteiger partial charge in [0, 0.05) is 18.7 Å². The molecule has 3 nitrogen and oxygen atoms in total. The van der Waals surface area contributed by atoms with Gasteiger partial charge in [-0.1, -0.05) is 36.4 Å². The maximum absolute atomic E-state index is 13.2. The van der Waals surface area contributed by atoms with Crippen LogP contribution in [0, 0.1) is 11.7 Å². The second kappa shape index (κ2) is 6.92. The molecule has 0 spiro atoms. The molecule has 1 amide bonds. The smallest absolute Gasteiger partial charge is 0.253 e. The number of likely N-dealkylation sites (tertiary alicyclic amines) is 1. The van der Waals surface area contributed by atoms with E-state index in [1.54, 1.807) is 17.0 Å². The molecule has 2 aromatic rings. The molecular formula is C19H20FNO2. The van der Waals surface area contributed by atoms with E-state index in [4.69, 9.17) is 0 Å². The van der Waals surface area contributed by atoms with Crippen LogP contribution in [0.5, 0.6) is 0 Å². The van der Waals surface area contributed by atoms with Gasteiger partial charge in [-0.05, 0) is 42.5 Å². The van der Waals surface area contributed by atoms with Gasteiger partial charge in [-0.3, -0.25) is 4.79 Å². The Kier molecular flexibility index (Phi) is 4.72. The molecule has 0 radical (unpaired) electrons. The molecule has 4 heteroatoms. The number of aliphatic hydroxyl groups excluding tert-OH is 1. The molecular weight excluding hydrogens is 293 g/mol. The van der Waals surface area contributed by atoms with Gasteiger partial charge in [0.25, 0.3) is 5.91 Å². The molecule has 0 aliphatic carbocycles. The molecule has 1 saturated heterocycles. The lowest BCUT2D eigenvalue weighted by molar-refractivity contribution is 0.0462. The quantitative estimate of drug-likeness (QED) is 0.943. The number of aliphatic hydroxyl groups is 1. The van der Waals surface area contributed by atoms with Crippen LogP contribution in [0.15, 0.2) is 54.6 Å². The van der Waals surface area contributed by atoms with Crippen molar-refractivity contribution >= 4 is 5.91 Å². The Bertz CT molecular complexity index is 666. The summed E-state index contributed by atoms with van der Waals surface area (Å²) in [5.74, 6) is -0.392. The highest BCUT2D eigenvalue weighted by Crippen LogP contribution is 2.31. The van der Waals surface area contributed by atoms with Crippen molar-refractivity contribution in [1.29, 1.82) is 0 Å². The second-order valence-corrected chi connectivity index (χ2v) is 6.00. The SMILES string of the molecule is O=C(c1cccc(F)c1)N1CCC(C(O)c2ccccc2)CC1. The van der Waals surface area contributed by atoms with Gasteiger partial charge in [-0.25, -0.2) is 4.39 Å². The summed E-state index contributed by atoms with van der Waals surface area (Å²) < 4.78 is 13.2. The van der Waals surface area contributed by atoms with Crippen LogP contribution in [0.2, 0.25) is 0 Å². The first kappa shape index (κ1) is 15.7. The number of hydrogen-bond donors (Lipinski definition) is 1. The third kappa shape index (κ3) is 3.59. The predicted octanol–water partition coefficient (Wildman–Crippen LogP) is 3.41. The van der Waals surface area contributed by atoms with Crippen molar-refractivity contribution in [3.63, 3.8) is 0 Å². The normalized spacial score (nSPS) is 17.0. The van der Waals surface area contributed by atoms with Crippen molar-refractivity contribution in [3.8, 4) is 0 Å². The number of rotatable bonds is 3. The third-order valence-electron chi connectivity index (χ3n) is 4.49. The zero-order valence-corrected chi connectivity index (χ0v) is 12.9. The first-order chi connectivity index (χ1) is 11.1. The van der Waals surface area contributed by atoms with Gasteiger partial charge >= 0.3 is 0 Å². The van der Waals surface area contributed by atoms with Crippen molar-refractivity contribution in [2.45, 2.75) is 18.9 Å².